The molecule has 1 saturated carbocycles. The summed E-state index contributed by atoms with van der Waals surface area (Å²) in [6, 6.07) is 0.883. The van der Waals surface area contributed by atoms with Crippen molar-refractivity contribution in [3.05, 3.63) is 0 Å². The average molecular weight is 294 g/mol. The molecule has 0 aromatic heterocycles. The van der Waals surface area contributed by atoms with Crippen molar-refractivity contribution in [2.45, 2.75) is 89.5 Å². The van der Waals surface area contributed by atoms with Crippen LogP contribution in [0.1, 0.15) is 65.7 Å². The van der Waals surface area contributed by atoms with Crippen molar-refractivity contribution in [2.24, 2.45) is 5.92 Å². The number of rotatable bonds is 4. The predicted octanol–water partition coefficient (Wildman–Crippen LogP) is 3.19. The maximum absolute atomic E-state index is 6.29. The Morgan fingerprint density at radius 2 is 1.76 bits per heavy atom. The van der Waals surface area contributed by atoms with Crippen LogP contribution in [-0.4, -0.2) is 48.3 Å². The fraction of sp³-hybridized carbons (Fsp3) is 1.00. The number of nitrogens with zero attached hydrogens (tertiary/aromatic N) is 1. The number of hydrogen-bond acceptors (Lipinski definition) is 3. The van der Waals surface area contributed by atoms with Crippen LogP contribution in [0.2, 0.25) is 0 Å². The third kappa shape index (κ3) is 4.20. The summed E-state index contributed by atoms with van der Waals surface area (Å²) in [5.74, 6) is 0.999. The van der Waals surface area contributed by atoms with Gasteiger partial charge in [-0.1, -0.05) is 12.8 Å². The van der Waals surface area contributed by atoms with Gasteiger partial charge in [-0.05, 0) is 65.3 Å². The molecule has 0 radical (unpaired) electrons. The van der Waals surface area contributed by atoms with Crippen LogP contribution in [0.25, 0.3) is 0 Å². The van der Waals surface area contributed by atoms with E-state index in [9.17, 15) is 0 Å². The highest BCUT2D eigenvalue weighted by atomic mass is 16.5. The van der Waals surface area contributed by atoms with E-state index in [0.717, 1.165) is 18.5 Å². The van der Waals surface area contributed by atoms with E-state index in [1.165, 1.54) is 58.0 Å². The third-order valence-corrected chi connectivity index (χ3v) is 5.62. The summed E-state index contributed by atoms with van der Waals surface area (Å²) >= 11 is 0. The van der Waals surface area contributed by atoms with Crippen molar-refractivity contribution >= 4 is 0 Å². The average Bonchev–Trinajstić information content (AvgIpc) is 3.04. The highest BCUT2D eigenvalue weighted by Gasteiger charge is 2.37. The van der Waals surface area contributed by atoms with Gasteiger partial charge in [0.25, 0.3) is 0 Å². The Kier molecular flexibility index (Phi) is 4.92. The van der Waals surface area contributed by atoms with E-state index in [2.05, 4.69) is 31.0 Å². The van der Waals surface area contributed by atoms with Crippen LogP contribution in [0.15, 0.2) is 0 Å². The minimum absolute atomic E-state index is 0.200. The molecule has 0 aromatic carbocycles. The first-order valence-electron chi connectivity index (χ1n) is 9.16. The molecule has 3 aliphatic rings. The van der Waals surface area contributed by atoms with Gasteiger partial charge in [0.05, 0.1) is 12.2 Å². The third-order valence-electron chi connectivity index (χ3n) is 5.62. The normalized spacial score (nSPS) is 37.9. The minimum Gasteiger partial charge on any atom is -0.372 e. The molecular weight excluding hydrogens is 260 g/mol. The number of nitrogens with one attached hydrogen (secondary N) is 1. The van der Waals surface area contributed by atoms with E-state index in [1.807, 2.05) is 0 Å². The second-order valence-corrected chi connectivity index (χ2v) is 8.48. The molecule has 0 aromatic rings. The van der Waals surface area contributed by atoms with Crippen molar-refractivity contribution in [2.75, 3.05) is 19.6 Å². The van der Waals surface area contributed by atoms with Crippen molar-refractivity contribution in [1.29, 1.82) is 0 Å². The molecule has 122 valence electrons. The van der Waals surface area contributed by atoms with E-state index in [0.29, 0.717) is 12.2 Å². The molecule has 2 heterocycles. The van der Waals surface area contributed by atoms with E-state index < -0.39 is 0 Å². The predicted molar refractivity (Wildman–Crippen MR) is 87.6 cm³/mol. The van der Waals surface area contributed by atoms with Crippen molar-refractivity contribution < 1.29 is 4.74 Å². The Labute approximate surface area is 130 Å². The van der Waals surface area contributed by atoms with Crippen LogP contribution in [0.5, 0.6) is 0 Å². The van der Waals surface area contributed by atoms with Gasteiger partial charge < -0.3 is 10.1 Å². The second kappa shape index (κ2) is 6.55. The summed E-state index contributed by atoms with van der Waals surface area (Å²) in [6.07, 6.45) is 10.7. The number of likely N-dealkylation sites (tertiary alicyclic amines) is 1. The van der Waals surface area contributed by atoms with Crippen LogP contribution >= 0.6 is 0 Å². The van der Waals surface area contributed by atoms with E-state index >= 15 is 0 Å². The molecule has 2 aliphatic heterocycles. The Morgan fingerprint density at radius 3 is 2.57 bits per heavy atom. The van der Waals surface area contributed by atoms with Gasteiger partial charge in [0, 0.05) is 24.7 Å². The summed E-state index contributed by atoms with van der Waals surface area (Å²) < 4.78 is 6.29. The summed E-state index contributed by atoms with van der Waals surface area (Å²) in [4.78, 5) is 2.76. The van der Waals surface area contributed by atoms with Crippen molar-refractivity contribution in [3.8, 4) is 0 Å². The molecular formula is C18H34N2O. The van der Waals surface area contributed by atoms with Gasteiger partial charge in [0.1, 0.15) is 0 Å². The van der Waals surface area contributed by atoms with Gasteiger partial charge in [0.15, 0.2) is 0 Å². The molecule has 2 saturated heterocycles. The first-order valence-corrected chi connectivity index (χ1v) is 9.16. The lowest BCUT2D eigenvalue weighted by Gasteiger charge is -2.33. The zero-order valence-corrected chi connectivity index (χ0v) is 14.2. The highest BCUT2D eigenvalue weighted by molar-refractivity contribution is 4.91. The van der Waals surface area contributed by atoms with Crippen molar-refractivity contribution in [3.63, 3.8) is 0 Å². The largest absolute Gasteiger partial charge is 0.372 e. The zero-order valence-electron chi connectivity index (χ0n) is 14.2. The summed E-state index contributed by atoms with van der Waals surface area (Å²) in [5.41, 5.74) is 0.200. The number of hydrogen-bond donors (Lipinski definition) is 1. The van der Waals surface area contributed by atoms with Gasteiger partial charge in [-0.25, -0.2) is 0 Å². The maximum atomic E-state index is 6.29. The van der Waals surface area contributed by atoms with Crippen LogP contribution in [-0.2, 0) is 4.74 Å². The first-order chi connectivity index (χ1) is 10.0. The first kappa shape index (κ1) is 15.8. The standard InChI is InChI=1S/C18H34N2O/c1-18(2,3)19-12-15-8-9-16(21-15)13-20-11-10-14-6-4-5-7-17(14)20/h14-17,19H,4-13H2,1-3H3. The molecule has 4 unspecified atom stereocenters. The van der Waals surface area contributed by atoms with Crippen LogP contribution in [0, 0.1) is 5.92 Å². The molecule has 0 amide bonds. The van der Waals surface area contributed by atoms with E-state index in [1.54, 1.807) is 0 Å². The molecule has 3 heteroatoms. The van der Waals surface area contributed by atoms with Gasteiger partial charge in [-0.15, -0.1) is 0 Å². The van der Waals surface area contributed by atoms with Crippen molar-refractivity contribution in [1.82, 2.24) is 10.2 Å². The number of ether oxygens (including phenoxy) is 1. The molecule has 1 aliphatic carbocycles. The van der Waals surface area contributed by atoms with Gasteiger partial charge in [0.2, 0.25) is 0 Å². The minimum atomic E-state index is 0.200. The lowest BCUT2D eigenvalue weighted by Crippen LogP contribution is -2.42. The molecule has 0 bridgehead atoms. The van der Waals surface area contributed by atoms with E-state index in [4.69, 9.17) is 4.74 Å². The summed E-state index contributed by atoms with van der Waals surface area (Å²) in [5, 5.41) is 3.58. The maximum Gasteiger partial charge on any atom is 0.0707 e. The zero-order chi connectivity index (χ0) is 14.9. The second-order valence-electron chi connectivity index (χ2n) is 8.48. The fourth-order valence-electron chi connectivity index (χ4n) is 4.48. The Hall–Kier alpha value is -0.120. The molecule has 0 spiro atoms. The smallest absolute Gasteiger partial charge is 0.0707 e. The highest BCUT2D eigenvalue weighted by Crippen LogP contribution is 2.36. The monoisotopic (exact) mass is 294 g/mol. The Bertz CT molecular complexity index is 339. The molecule has 3 rings (SSSR count). The quantitative estimate of drug-likeness (QED) is 0.862. The van der Waals surface area contributed by atoms with Gasteiger partial charge >= 0.3 is 0 Å². The molecule has 4 atom stereocenters. The lowest BCUT2D eigenvalue weighted by molar-refractivity contribution is 0.0143. The SMILES string of the molecule is CC(C)(C)NCC1CCC(CN2CCC3CCCCC32)O1. The van der Waals surface area contributed by atoms with Gasteiger partial charge in [-0.3, -0.25) is 4.90 Å². The van der Waals surface area contributed by atoms with Gasteiger partial charge in [-0.2, -0.15) is 0 Å². The van der Waals surface area contributed by atoms with Crippen LogP contribution in [0.4, 0.5) is 0 Å². The van der Waals surface area contributed by atoms with Crippen LogP contribution in [0.3, 0.4) is 0 Å². The Balaban J connectivity index is 1.42. The summed E-state index contributed by atoms with van der Waals surface area (Å²) in [6.45, 7) is 10.2. The van der Waals surface area contributed by atoms with E-state index in [-0.39, 0.29) is 5.54 Å². The lowest BCUT2D eigenvalue weighted by atomic mass is 9.85. The van der Waals surface area contributed by atoms with Crippen LogP contribution < -0.4 is 5.32 Å². The molecule has 1 N–H and O–H groups in total. The molecule has 3 nitrogen and oxygen atoms in total. The number of fused-ring (bicyclic) bond motifs is 1. The Morgan fingerprint density at radius 1 is 1.00 bits per heavy atom. The molecule has 21 heavy (non-hydrogen) atoms. The fourth-order valence-corrected chi connectivity index (χ4v) is 4.48. The summed E-state index contributed by atoms with van der Waals surface area (Å²) in [7, 11) is 0. The topological polar surface area (TPSA) is 24.5 Å². The molecule has 3 fully saturated rings.